The fourth-order valence-corrected chi connectivity index (χ4v) is 4.80. The molecule has 1 saturated heterocycles. The number of hydrogen-bond donors (Lipinski definition) is 1. The second-order valence-electron chi connectivity index (χ2n) is 4.99. The molecule has 6 heteroatoms. The Morgan fingerprint density at radius 3 is 2.83 bits per heavy atom. The van der Waals surface area contributed by atoms with Crippen molar-refractivity contribution in [3.63, 3.8) is 0 Å². The van der Waals surface area contributed by atoms with Crippen molar-refractivity contribution < 1.29 is 4.52 Å². The molecule has 18 heavy (non-hydrogen) atoms. The van der Waals surface area contributed by atoms with Crippen molar-refractivity contribution in [2.75, 3.05) is 11.5 Å². The Bertz CT molecular complexity index is 394. The maximum atomic E-state index is 6.22. The van der Waals surface area contributed by atoms with E-state index in [-0.39, 0.29) is 0 Å². The molecule has 1 fully saturated rings. The van der Waals surface area contributed by atoms with Gasteiger partial charge in [-0.25, -0.2) is 0 Å². The molecule has 0 aliphatic carbocycles. The average Bonchev–Trinajstić information content (AvgIpc) is 2.79. The van der Waals surface area contributed by atoms with Gasteiger partial charge in [-0.1, -0.05) is 25.4 Å². The molecule has 1 aromatic heterocycles. The van der Waals surface area contributed by atoms with Crippen LogP contribution in [0.2, 0.25) is 0 Å². The molecular formula is C12H21N3OS2. The SMILES string of the molecule is CCCC(C)(N)c1nc(C2SCCSC2C)no1. The van der Waals surface area contributed by atoms with Crippen LogP contribution < -0.4 is 5.73 Å². The summed E-state index contributed by atoms with van der Waals surface area (Å²) >= 11 is 3.89. The van der Waals surface area contributed by atoms with Crippen molar-refractivity contribution in [1.29, 1.82) is 0 Å². The van der Waals surface area contributed by atoms with E-state index >= 15 is 0 Å². The zero-order chi connectivity index (χ0) is 13.2. The highest BCUT2D eigenvalue weighted by Gasteiger charge is 2.32. The zero-order valence-electron chi connectivity index (χ0n) is 11.2. The van der Waals surface area contributed by atoms with Crippen LogP contribution >= 0.6 is 23.5 Å². The van der Waals surface area contributed by atoms with Crippen molar-refractivity contribution in [3.8, 4) is 0 Å². The average molecular weight is 287 g/mol. The highest BCUT2D eigenvalue weighted by molar-refractivity contribution is 8.06. The molecule has 102 valence electrons. The van der Waals surface area contributed by atoms with Crippen LogP contribution in [0.25, 0.3) is 0 Å². The Balaban J connectivity index is 2.14. The van der Waals surface area contributed by atoms with Gasteiger partial charge in [-0.15, -0.1) is 11.8 Å². The van der Waals surface area contributed by atoms with Gasteiger partial charge >= 0.3 is 0 Å². The van der Waals surface area contributed by atoms with Crippen molar-refractivity contribution in [1.82, 2.24) is 10.1 Å². The molecule has 1 aromatic rings. The van der Waals surface area contributed by atoms with E-state index in [0.29, 0.717) is 16.4 Å². The van der Waals surface area contributed by atoms with Gasteiger partial charge in [0, 0.05) is 16.8 Å². The van der Waals surface area contributed by atoms with Crippen molar-refractivity contribution in [2.45, 2.75) is 49.7 Å². The topological polar surface area (TPSA) is 64.9 Å². The number of hydrogen-bond acceptors (Lipinski definition) is 6. The molecule has 1 aliphatic rings. The van der Waals surface area contributed by atoms with Crippen LogP contribution in [0.15, 0.2) is 4.52 Å². The molecule has 2 N–H and O–H groups in total. The molecule has 3 unspecified atom stereocenters. The third kappa shape index (κ3) is 3.03. The molecule has 0 aromatic carbocycles. The maximum absolute atomic E-state index is 6.22. The maximum Gasteiger partial charge on any atom is 0.246 e. The van der Waals surface area contributed by atoms with Gasteiger partial charge < -0.3 is 10.3 Å². The van der Waals surface area contributed by atoms with Crippen LogP contribution in [0.1, 0.15) is 50.6 Å². The molecular weight excluding hydrogens is 266 g/mol. The first-order valence-electron chi connectivity index (χ1n) is 6.40. The molecule has 1 aliphatic heterocycles. The monoisotopic (exact) mass is 287 g/mol. The molecule has 2 heterocycles. The first kappa shape index (κ1) is 14.2. The van der Waals surface area contributed by atoms with E-state index in [2.05, 4.69) is 24.0 Å². The van der Waals surface area contributed by atoms with Gasteiger partial charge in [0.2, 0.25) is 5.89 Å². The molecule has 0 spiro atoms. The smallest absolute Gasteiger partial charge is 0.246 e. The first-order chi connectivity index (χ1) is 8.54. The van der Waals surface area contributed by atoms with Crippen LogP contribution in [0.4, 0.5) is 0 Å². The van der Waals surface area contributed by atoms with Gasteiger partial charge in [-0.05, 0) is 13.3 Å². The quantitative estimate of drug-likeness (QED) is 0.918. The number of thioether (sulfide) groups is 2. The van der Waals surface area contributed by atoms with E-state index in [0.717, 1.165) is 24.4 Å². The number of rotatable bonds is 4. The number of nitrogens with two attached hydrogens (primary N) is 1. The Kier molecular flexibility index (Phi) is 4.61. The lowest BCUT2D eigenvalue weighted by atomic mass is 9.98. The lowest BCUT2D eigenvalue weighted by Crippen LogP contribution is -2.33. The van der Waals surface area contributed by atoms with E-state index in [4.69, 9.17) is 10.3 Å². The summed E-state index contributed by atoms with van der Waals surface area (Å²) in [5.74, 6) is 3.74. The second kappa shape index (κ2) is 5.84. The number of nitrogens with zero attached hydrogens (tertiary/aromatic N) is 2. The van der Waals surface area contributed by atoms with Gasteiger partial charge in [0.25, 0.3) is 0 Å². The normalized spacial score (nSPS) is 28.0. The van der Waals surface area contributed by atoms with Gasteiger partial charge in [-0.2, -0.15) is 16.7 Å². The Labute approximate surface area is 117 Å². The van der Waals surface area contributed by atoms with E-state index in [1.54, 1.807) is 0 Å². The summed E-state index contributed by atoms with van der Waals surface area (Å²) in [5.41, 5.74) is 5.71. The van der Waals surface area contributed by atoms with Crippen LogP contribution in [0.3, 0.4) is 0 Å². The molecule has 0 bridgehead atoms. The highest BCUT2D eigenvalue weighted by Crippen LogP contribution is 2.41. The van der Waals surface area contributed by atoms with E-state index in [1.807, 2.05) is 30.4 Å². The minimum absolute atomic E-state index is 0.332. The zero-order valence-corrected chi connectivity index (χ0v) is 12.8. The lowest BCUT2D eigenvalue weighted by Gasteiger charge is -2.25. The molecule has 0 radical (unpaired) electrons. The third-order valence-corrected chi connectivity index (χ3v) is 6.23. The Morgan fingerprint density at radius 1 is 1.44 bits per heavy atom. The summed E-state index contributed by atoms with van der Waals surface area (Å²) in [6.45, 7) is 6.29. The minimum Gasteiger partial charge on any atom is -0.337 e. The molecule has 2 rings (SSSR count). The van der Waals surface area contributed by atoms with E-state index in [9.17, 15) is 0 Å². The predicted octanol–water partition coefficient (Wildman–Crippen LogP) is 2.95. The fraction of sp³-hybridized carbons (Fsp3) is 0.833. The molecule has 0 saturated carbocycles. The highest BCUT2D eigenvalue weighted by atomic mass is 32.2. The summed E-state index contributed by atoms with van der Waals surface area (Å²) < 4.78 is 5.37. The van der Waals surface area contributed by atoms with Crippen molar-refractivity contribution in [3.05, 3.63) is 11.7 Å². The summed E-state index contributed by atoms with van der Waals surface area (Å²) in [7, 11) is 0. The van der Waals surface area contributed by atoms with Gasteiger partial charge in [0.15, 0.2) is 5.82 Å². The molecule has 0 amide bonds. The predicted molar refractivity (Wildman–Crippen MR) is 77.9 cm³/mol. The summed E-state index contributed by atoms with van der Waals surface area (Å²) in [4.78, 5) is 4.54. The number of aromatic nitrogens is 2. The van der Waals surface area contributed by atoms with Crippen LogP contribution in [-0.2, 0) is 5.54 Å². The third-order valence-electron chi connectivity index (χ3n) is 3.14. The van der Waals surface area contributed by atoms with Crippen molar-refractivity contribution >= 4 is 23.5 Å². The largest absolute Gasteiger partial charge is 0.337 e. The van der Waals surface area contributed by atoms with Crippen LogP contribution in [0.5, 0.6) is 0 Å². The summed E-state index contributed by atoms with van der Waals surface area (Å²) in [5, 5.41) is 5.00. The molecule has 3 atom stereocenters. The lowest BCUT2D eigenvalue weighted by molar-refractivity contribution is 0.282. The van der Waals surface area contributed by atoms with E-state index in [1.165, 1.54) is 5.75 Å². The Morgan fingerprint density at radius 2 is 2.17 bits per heavy atom. The van der Waals surface area contributed by atoms with Crippen molar-refractivity contribution in [2.24, 2.45) is 5.73 Å². The van der Waals surface area contributed by atoms with Gasteiger partial charge in [-0.3, -0.25) is 0 Å². The first-order valence-corrected chi connectivity index (χ1v) is 8.50. The fourth-order valence-electron chi connectivity index (χ4n) is 2.13. The van der Waals surface area contributed by atoms with Crippen LogP contribution in [0, 0.1) is 0 Å². The Hall–Kier alpha value is -0.200. The van der Waals surface area contributed by atoms with Gasteiger partial charge in [0.1, 0.15) is 0 Å². The standard InChI is InChI=1S/C12H21N3OS2/c1-4-5-12(3,13)11-14-10(15-16-11)9-8(2)17-6-7-18-9/h8-9H,4-7,13H2,1-3H3. The minimum atomic E-state index is -0.504. The molecule has 4 nitrogen and oxygen atoms in total. The van der Waals surface area contributed by atoms with Crippen LogP contribution in [-0.4, -0.2) is 26.9 Å². The van der Waals surface area contributed by atoms with Gasteiger partial charge in [0.05, 0.1) is 10.8 Å². The summed E-state index contributed by atoms with van der Waals surface area (Å²) in [6, 6.07) is 0. The second-order valence-corrected chi connectivity index (χ2v) is 7.73. The summed E-state index contributed by atoms with van der Waals surface area (Å²) in [6.07, 6.45) is 1.87. The van der Waals surface area contributed by atoms with E-state index < -0.39 is 5.54 Å².